The monoisotopic (exact) mass is 441 g/mol. The molecule has 6 nitrogen and oxygen atoms in total. The van der Waals surface area contributed by atoms with Crippen molar-refractivity contribution in [2.45, 2.75) is 38.5 Å². The second-order valence-corrected chi connectivity index (χ2v) is 7.93. The van der Waals surface area contributed by atoms with Gasteiger partial charge in [-0.25, -0.2) is 10.2 Å². The van der Waals surface area contributed by atoms with E-state index in [0.717, 1.165) is 26.2 Å². The number of hydrazone groups is 1. The molecule has 0 radical (unpaired) electrons. The number of ether oxygens (including phenoxy) is 1. The van der Waals surface area contributed by atoms with Crippen molar-refractivity contribution in [1.82, 2.24) is 10.3 Å². The fraction of sp³-hybridized carbons (Fsp3) is 0.500. The Bertz CT molecular complexity index is 699. The Morgan fingerprint density at radius 2 is 1.96 bits per heavy atom. The van der Waals surface area contributed by atoms with Gasteiger partial charge in [-0.15, -0.1) is 11.8 Å². The van der Waals surface area contributed by atoms with Gasteiger partial charge in [-0.2, -0.15) is 5.10 Å². The number of aryl methyl sites for hydroxylation is 2. The van der Waals surface area contributed by atoms with E-state index in [4.69, 9.17) is 4.74 Å². The number of nitrogens with zero attached hydrogens (tertiary/aromatic N) is 2. The molecule has 0 bridgehead atoms. The maximum atomic E-state index is 12.0. The van der Waals surface area contributed by atoms with Crippen LogP contribution in [0, 0.1) is 13.8 Å². The van der Waals surface area contributed by atoms with Gasteiger partial charge in [-0.3, -0.25) is 4.79 Å². The quantitative estimate of drug-likeness (QED) is 0.555. The third-order valence-electron chi connectivity index (χ3n) is 4.02. The summed E-state index contributed by atoms with van der Waals surface area (Å²) in [5.74, 6) is 0.184. The second-order valence-electron chi connectivity index (χ2n) is 6.05. The highest BCUT2D eigenvalue weighted by atomic mass is 79.9. The van der Waals surface area contributed by atoms with E-state index in [1.807, 2.05) is 13.8 Å². The van der Waals surface area contributed by atoms with Crippen LogP contribution >= 0.6 is 27.7 Å². The minimum atomic E-state index is -0.285. The number of carbonyl (C=O) groups is 2. The number of likely N-dealkylation sites (tertiary alicyclic amines) is 1. The Morgan fingerprint density at radius 1 is 1.27 bits per heavy atom. The highest BCUT2D eigenvalue weighted by molar-refractivity contribution is 9.10. The van der Waals surface area contributed by atoms with E-state index in [0.29, 0.717) is 38.3 Å². The molecule has 8 heteroatoms. The molecule has 1 N–H and O–H groups in total. The third-order valence-corrected chi connectivity index (χ3v) is 6.03. The average Bonchev–Trinajstić information content (AvgIpc) is 2.62. The van der Waals surface area contributed by atoms with Gasteiger partial charge in [0.25, 0.3) is 0 Å². The number of nitrogens with one attached hydrogen (secondary N) is 1. The van der Waals surface area contributed by atoms with Gasteiger partial charge in [-0.05, 0) is 44.0 Å². The molecule has 0 aliphatic carbocycles. The number of halogens is 1. The summed E-state index contributed by atoms with van der Waals surface area (Å²) in [7, 11) is 0. The Labute approximate surface area is 166 Å². The largest absolute Gasteiger partial charge is 0.450 e. The van der Waals surface area contributed by atoms with Crippen LogP contribution in [-0.4, -0.2) is 48.1 Å². The molecule has 1 aliphatic heterocycles. The molecule has 142 valence electrons. The summed E-state index contributed by atoms with van der Waals surface area (Å²) in [4.78, 5) is 26.5. The number of rotatable bonds is 5. The van der Waals surface area contributed by atoms with Crippen molar-refractivity contribution < 1.29 is 14.3 Å². The van der Waals surface area contributed by atoms with Crippen LogP contribution in [0.4, 0.5) is 4.79 Å². The first-order chi connectivity index (χ1) is 12.4. The molecular weight excluding hydrogens is 418 g/mol. The summed E-state index contributed by atoms with van der Waals surface area (Å²) in [5.41, 5.74) is 5.81. The van der Waals surface area contributed by atoms with Crippen molar-refractivity contribution in [3.8, 4) is 0 Å². The minimum Gasteiger partial charge on any atom is -0.450 e. The van der Waals surface area contributed by atoms with E-state index in [2.05, 4.69) is 38.6 Å². The Hall–Kier alpha value is -1.54. The summed E-state index contributed by atoms with van der Waals surface area (Å²) in [6.07, 6.45) is 1.02. The lowest BCUT2D eigenvalue weighted by Crippen LogP contribution is -2.39. The van der Waals surface area contributed by atoms with Crippen LogP contribution in [0.3, 0.4) is 0 Å². The van der Waals surface area contributed by atoms with Gasteiger partial charge in [0, 0.05) is 41.0 Å². The summed E-state index contributed by atoms with van der Waals surface area (Å²) < 4.78 is 6.06. The zero-order valence-electron chi connectivity index (χ0n) is 15.3. The summed E-state index contributed by atoms with van der Waals surface area (Å²) in [6, 6.07) is 4.14. The Kier molecular flexibility index (Phi) is 7.96. The lowest BCUT2D eigenvalue weighted by atomic mass is 10.1. The Balaban J connectivity index is 1.78. The predicted molar refractivity (Wildman–Crippen MR) is 108 cm³/mol. The molecule has 0 unspecified atom stereocenters. The van der Waals surface area contributed by atoms with Gasteiger partial charge >= 0.3 is 6.09 Å². The molecule has 1 fully saturated rings. The number of thioether (sulfide) groups is 1. The van der Waals surface area contributed by atoms with E-state index in [1.54, 1.807) is 11.8 Å². The molecule has 0 spiro atoms. The van der Waals surface area contributed by atoms with Crippen LogP contribution in [0.25, 0.3) is 0 Å². The topological polar surface area (TPSA) is 71.0 Å². The van der Waals surface area contributed by atoms with E-state index < -0.39 is 0 Å². The SMILES string of the molecule is CCOC(=O)N1CCC(=NNC(=O)CSc2cc(C)c(Br)cc2C)CC1. The molecule has 1 aromatic carbocycles. The lowest BCUT2D eigenvalue weighted by Gasteiger charge is -2.26. The molecule has 2 rings (SSSR count). The van der Waals surface area contributed by atoms with Crippen LogP contribution < -0.4 is 5.43 Å². The maximum Gasteiger partial charge on any atom is 0.409 e. The number of piperidine rings is 1. The fourth-order valence-electron chi connectivity index (χ4n) is 2.50. The van der Waals surface area contributed by atoms with Crippen molar-refractivity contribution in [1.29, 1.82) is 0 Å². The standard InChI is InChI=1S/C18H24BrN3O3S/c1-4-25-18(24)22-7-5-14(6-8-22)20-21-17(23)11-26-16-10-12(2)15(19)9-13(16)3/h9-10H,4-8,11H2,1-3H3,(H,21,23). The molecule has 1 heterocycles. The third kappa shape index (κ3) is 6.02. The van der Waals surface area contributed by atoms with Gasteiger partial charge < -0.3 is 9.64 Å². The smallest absolute Gasteiger partial charge is 0.409 e. The van der Waals surface area contributed by atoms with Crippen LogP contribution in [0.2, 0.25) is 0 Å². The highest BCUT2D eigenvalue weighted by Crippen LogP contribution is 2.28. The van der Waals surface area contributed by atoms with Crippen LogP contribution in [-0.2, 0) is 9.53 Å². The molecular formula is C18H24BrN3O3S. The highest BCUT2D eigenvalue weighted by Gasteiger charge is 2.20. The van der Waals surface area contributed by atoms with Crippen LogP contribution in [0.1, 0.15) is 30.9 Å². The van der Waals surface area contributed by atoms with Crippen LogP contribution in [0.15, 0.2) is 26.6 Å². The molecule has 0 aromatic heterocycles. The molecule has 1 aromatic rings. The first kappa shape index (κ1) is 20.8. The molecule has 0 saturated carbocycles. The van der Waals surface area contributed by atoms with E-state index in [-0.39, 0.29) is 12.0 Å². The van der Waals surface area contributed by atoms with Crippen molar-refractivity contribution in [2.75, 3.05) is 25.4 Å². The number of hydrogen-bond donors (Lipinski definition) is 1. The van der Waals surface area contributed by atoms with Gasteiger partial charge in [0.2, 0.25) is 5.91 Å². The number of amides is 2. The number of hydrogen-bond acceptors (Lipinski definition) is 5. The molecule has 0 atom stereocenters. The Morgan fingerprint density at radius 3 is 2.62 bits per heavy atom. The van der Waals surface area contributed by atoms with Gasteiger partial charge in [-0.1, -0.05) is 15.9 Å². The van der Waals surface area contributed by atoms with Crippen molar-refractivity contribution in [3.63, 3.8) is 0 Å². The zero-order valence-corrected chi connectivity index (χ0v) is 17.7. The normalized spacial score (nSPS) is 14.2. The van der Waals surface area contributed by atoms with Crippen molar-refractivity contribution in [2.24, 2.45) is 5.10 Å². The number of benzene rings is 1. The molecule has 1 aliphatic rings. The predicted octanol–water partition coefficient (Wildman–Crippen LogP) is 3.88. The lowest BCUT2D eigenvalue weighted by molar-refractivity contribution is -0.118. The van der Waals surface area contributed by atoms with Gasteiger partial charge in [0.05, 0.1) is 12.4 Å². The first-order valence-electron chi connectivity index (χ1n) is 8.56. The van der Waals surface area contributed by atoms with Crippen LogP contribution in [0.5, 0.6) is 0 Å². The molecule has 26 heavy (non-hydrogen) atoms. The van der Waals surface area contributed by atoms with Gasteiger partial charge in [0.1, 0.15) is 0 Å². The first-order valence-corrected chi connectivity index (χ1v) is 10.3. The molecule has 1 saturated heterocycles. The van der Waals surface area contributed by atoms with Crippen molar-refractivity contribution >= 4 is 45.4 Å². The second kappa shape index (κ2) is 9.97. The number of carbonyl (C=O) groups excluding carboxylic acids is 2. The maximum absolute atomic E-state index is 12.0. The van der Waals surface area contributed by atoms with E-state index in [1.165, 1.54) is 11.8 Å². The minimum absolute atomic E-state index is 0.129. The molecule has 2 amide bonds. The summed E-state index contributed by atoms with van der Waals surface area (Å²) in [5, 5.41) is 4.21. The average molecular weight is 442 g/mol. The zero-order chi connectivity index (χ0) is 19.1. The van der Waals surface area contributed by atoms with E-state index >= 15 is 0 Å². The van der Waals surface area contributed by atoms with Gasteiger partial charge in [0.15, 0.2) is 0 Å². The summed E-state index contributed by atoms with van der Waals surface area (Å²) >= 11 is 5.02. The fourth-order valence-corrected chi connectivity index (χ4v) is 3.86. The van der Waals surface area contributed by atoms with E-state index in [9.17, 15) is 9.59 Å². The van der Waals surface area contributed by atoms with Crippen molar-refractivity contribution in [3.05, 3.63) is 27.7 Å². The summed E-state index contributed by atoms with van der Waals surface area (Å²) in [6.45, 7) is 7.37.